The molecule has 2 saturated heterocycles. The number of likely N-dealkylation sites (tertiary alicyclic amines) is 1. The van der Waals surface area contributed by atoms with E-state index < -0.39 is 0 Å². The minimum absolute atomic E-state index is 0.164. The number of pyridine rings is 1. The van der Waals surface area contributed by atoms with Crippen molar-refractivity contribution in [3.63, 3.8) is 0 Å². The number of carbonyl (C=O) groups excluding carboxylic acids is 1. The first kappa shape index (κ1) is 19.2. The molecule has 2 aromatic rings. The van der Waals surface area contributed by atoms with Crippen LogP contribution in [-0.2, 0) is 11.8 Å². The van der Waals surface area contributed by atoms with Gasteiger partial charge in [0.15, 0.2) is 5.78 Å². The molecule has 0 saturated carbocycles. The maximum absolute atomic E-state index is 13.5. The van der Waals surface area contributed by atoms with Gasteiger partial charge in [-0.25, -0.2) is 0 Å². The Labute approximate surface area is 185 Å². The van der Waals surface area contributed by atoms with E-state index in [2.05, 4.69) is 52.9 Å². The molecule has 2 fully saturated rings. The third-order valence-corrected chi connectivity index (χ3v) is 8.19. The van der Waals surface area contributed by atoms with Crippen molar-refractivity contribution >= 4 is 17.0 Å². The molecule has 160 valence electrons. The number of ketones is 1. The van der Waals surface area contributed by atoms with Gasteiger partial charge in [-0.15, -0.1) is 0 Å². The van der Waals surface area contributed by atoms with E-state index in [1.807, 2.05) is 12.3 Å². The lowest BCUT2D eigenvalue weighted by Crippen LogP contribution is -2.44. The smallest absolute Gasteiger partial charge is 0.194 e. The third-order valence-electron chi connectivity index (χ3n) is 8.19. The van der Waals surface area contributed by atoms with Gasteiger partial charge in [-0.2, -0.15) is 0 Å². The molecule has 0 amide bonds. The van der Waals surface area contributed by atoms with Crippen molar-refractivity contribution in [3.05, 3.63) is 64.5 Å². The molecule has 2 aliphatic heterocycles. The number of piperidine rings is 1. The molecule has 31 heavy (non-hydrogen) atoms. The molecular formula is C27H31N3O. The Hall–Kier alpha value is -2.46. The third kappa shape index (κ3) is 2.91. The Morgan fingerprint density at radius 1 is 1.00 bits per heavy atom. The topological polar surface area (TPSA) is 36.4 Å². The normalized spacial score (nSPS) is 23.2. The van der Waals surface area contributed by atoms with Crippen LogP contribution in [0.2, 0.25) is 0 Å². The molecule has 4 nitrogen and oxygen atoms in total. The first-order valence-electron chi connectivity index (χ1n) is 11.9. The first-order valence-corrected chi connectivity index (χ1v) is 11.9. The molecule has 0 radical (unpaired) electrons. The van der Waals surface area contributed by atoms with Crippen molar-refractivity contribution in [1.29, 1.82) is 0 Å². The van der Waals surface area contributed by atoms with Gasteiger partial charge in [0.05, 0.1) is 5.69 Å². The average molecular weight is 414 g/mol. The number of Topliss-reactive ketones (excluding diaryl/α,β-unsaturated/α-hetero) is 1. The van der Waals surface area contributed by atoms with Crippen LogP contribution in [0.3, 0.4) is 0 Å². The predicted molar refractivity (Wildman–Crippen MR) is 125 cm³/mol. The molecule has 1 aromatic carbocycles. The molecule has 3 heterocycles. The SMILES string of the molecule is CC1(C)C2=C(C(=O)c3ccc(N4CCC(N5CCCC5)CC4)cc31)c1cccnc1C2. The van der Waals surface area contributed by atoms with E-state index in [1.54, 1.807) is 0 Å². The molecule has 4 heteroatoms. The van der Waals surface area contributed by atoms with Gasteiger partial charge in [-0.3, -0.25) is 9.78 Å². The number of rotatable bonds is 2. The number of fused-ring (bicyclic) bond motifs is 3. The van der Waals surface area contributed by atoms with Gasteiger partial charge >= 0.3 is 0 Å². The summed E-state index contributed by atoms with van der Waals surface area (Å²) in [5, 5.41) is 0. The number of aromatic nitrogens is 1. The minimum Gasteiger partial charge on any atom is -0.371 e. The number of allylic oxidation sites excluding steroid dienone is 2. The predicted octanol–water partition coefficient (Wildman–Crippen LogP) is 4.63. The van der Waals surface area contributed by atoms with Crippen LogP contribution in [0.5, 0.6) is 0 Å². The molecule has 0 atom stereocenters. The summed E-state index contributed by atoms with van der Waals surface area (Å²) in [6.07, 6.45) is 7.85. The lowest BCUT2D eigenvalue weighted by Gasteiger charge is -2.39. The highest BCUT2D eigenvalue weighted by Crippen LogP contribution is 2.50. The minimum atomic E-state index is -0.164. The highest BCUT2D eigenvalue weighted by molar-refractivity contribution is 6.32. The Balaban J connectivity index is 1.30. The second-order valence-corrected chi connectivity index (χ2v) is 10.2. The molecule has 4 aliphatic rings. The van der Waals surface area contributed by atoms with Gasteiger partial charge in [0, 0.05) is 59.6 Å². The summed E-state index contributed by atoms with van der Waals surface area (Å²) < 4.78 is 0. The monoisotopic (exact) mass is 413 g/mol. The number of hydrogen-bond acceptors (Lipinski definition) is 4. The maximum atomic E-state index is 13.5. The molecule has 6 rings (SSSR count). The number of anilines is 1. The zero-order valence-electron chi connectivity index (χ0n) is 18.7. The van der Waals surface area contributed by atoms with Crippen LogP contribution in [-0.4, -0.2) is 47.9 Å². The van der Waals surface area contributed by atoms with Crippen LogP contribution < -0.4 is 4.90 Å². The van der Waals surface area contributed by atoms with E-state index in [1.165, 1.54) is 55.6 Å². The van der Waals surface area contributed by atoms with Crippen molar-refractivity contribution in [2.24, 2.45) is 0 Å². The van der Waals surface area contributed by atoms with Gasteiger partial charge in [0.1, 0.15) is 0 Å². The van der Waals surface area contributed by atoms with Crippen molar-refractivity contribution in [2.75, 3.05) is 31.1 Å². The summed E-state index contributed by atoms with van der Waals surface area (Å²) in [4.78, 5) is 23.3. The first-order chi connectivity index (χ1) is 15.0. The second kappa shape index (κ2) is 7.03. The molecular weight excluding hydrogens is 382 g/mol. The van der Waals surface area contributed by atoms with Gasteiger partial charge in [-0.05, 0) is 74.2 Å². The quantitative estimate of drug-likeness (QED) is 0.719. The van der Waals surface area contributed by atoms with E-state index in [9.17, 15) is 4.79 Å². The lowest BCUT2D eigenvalue weighted by atomic mass is 9.68. The number of benzene rings is 1. The molecule has 0 N–H and O–H groups in total. The van der Waals surface area contributed by atoms with E-state index in [4.69, 9.17) is 0 Å². The zero-order chi connectivity index (χ0) is 21.2. The van der Waals surface area contributed by atoms with E-state index in [0.29, 0.717) is 0 Å². The van der Waals surface area contributed by atoms with E-state index >= 15 is 0 Å². The number of carbonyl (C=O) groups is 1. The van der Waals surface area contributed by atoms with Crippen molar-refractivity contribution in [2.45, 2.75) is 57.4 Å². The van der Waals surface area contributed by atoms with Crippen molar-refractivity contribution < 1.29 is 4.79 Å². The van der Waals surface area contributed by atoms with Crippen molar-refractivity contribution in [1.82, 2.24) is 9.88 Å². The summed E-state index contributed by atoms with van der Waals surface area (Å²) >= 11 is 0. The van der Waals surface area contributed by atoms with Crippen LogP contribution in [0, 0.1) is 0 Å². The Kier molecular flexibility index (Phi) is 4.36. The summed E-state index contributed by atoms with van der Waals surface area (Å²) in [7, 11) is 0. The molecule has 0 spiro atoms. The Morgan fingerprint density at radius 3 is 2.55 bits per heavy atom. The van der Waals surface area contributed by atoms with Crippen LogP contribution in [0.25, 0.3) is 5.57 Å². The van der Waals surface area contributed by atoms with Gasteiger partial charge in [0.2, 0.25) is 0 Å². The number of nitrogens with zero attached hydrogens (tertiary/aromatic N) is 3. The van der Waals surface area contributed by atoms with E-state index in [0.717, 1.165) is 47.9 Å². The van der Waals surface area contributed by atoms with Crippen LogP contribution in [0.15, 0.2) is 42.1 Å². The van der Waals surface area contributed by atoms with Gasteiger partial charge < -0.3 is 9.80 Å². The van der Waals surface area contributed by atoms with Crippen LogP contribution in [0.1, 0.15) is 66.7 Å². The van der Waals surface area contributed by atoms with Crippen LogP contribution >= 0.6 is 0 Å². The molecule has 0 bridgehead atoms. The van der Waals surface area contributed by atoms with Crippen LogP contribution in [0.4, 0.5) is 5.69 Å². The fraction of sp³-hybridized carbons (Fsp3) is 0.481. The Morgan fingerprint density at radius 2 is 1.77 bits per heavy atom. The summed E-state index contributed by atoms with van der Waals surface area (Å²) in [5.74, 6) is 0.176. The highest BCUT2D eigenvalue weighted by Gasteiger charge is 2.43. The lowest BCUT2D eigenvalue weighted by molar-refractivity contribution is 0.105. The summed E-state index contributed by atoms with van der Waals surface area (Å²) in [6.45, 7) is 9.35. The van der Waals surface area contributed by atoms with Gasteiger partial charge in [0.25, 0.3) is 0 Å². The highest BCUT2D eigenvalue weighted by atomic mass is 16.1. The number of hydrogen-bond donors (Lipinski definition) is 0. The fourth-order valence-electron chi connectivity index (χ4n) is 6.35. The Bertz CT molecular complexity index is 1090. The zero-order valence-corrected chi connectivity index (χ0v) is 18.7. The molecule has 2 aliphatic carbocycles. The average Bonchev–Trinajstić information content (AvgIpc) is 3.46. The standard InChI is InChI=1S/C27H31N3O/c1-27(2)22-16-19(30-14-9-18(10-15-30)29-12-3-4-13-29)7-8-20(22)26(31)25-21-6-5-11-28-24(21)17-23(25)27/h5-8,11,16,18H,3-4,9-10,12-15,17H2,1-2H3. The summed E-state index contributed by atoms with van der Waals surface area (Å²) in [5.41, 5.74) is 7.39. The van der Waals surface area contributed by atoms with Crippen molar-refractivity contribution in [3.8, 4) is 0 Å². The summed E-state index contributed by atoms with van der Waals surface area (Å²) in [6, 6.07) is 11.3. The molecule has 0 unspecified atom stereocenters. The fourth-order valence-corrected chi connectivity index (χ4v) is 6.35. The maximum Gasteiger partial charge on any atom is 0.194 e. The van der Waals surface area contributed by atoms with Gasteiger partial charge in [-0.1, -0.05) is 19.9 Å². The van der Waals surface area contributed by atoms with E-state index in [-0.39, 0.29) is 11.2 Å². The molecule has 1 aromatic heterocycles. The second-order valence-electron chi connectivity index (χ2n) is 10.2. The largest absolute Gasteiger partial charge is 0.371 e.